The van der Waals surface area contributed by atoms with E-state index in [1.54, 1.807) is 0 Å². The first-order chi connectivity index (χ1) is 9.89. The first-order valence-corrected chi connectivity index (χ1v) is 8.24. The van der Waals surface area contributed by atoms with Crippen molar-refractivity contribution in [3.8, 4) is 0 Å². The van der Waals surface area contributed by atoms with Crippen LogP contribution in [0, 0.1) is 0 Å². The van der Waals surface area contributed by atoms with Crippen LogP contribution in [0.5, 0.6) is 0 Å². The Balaban J connectivity index is 1.80. The molecule has 5 heteroatoms. The maximum atomic E-state index is 12.1. The fraction of sp³-hybridized carbons (Fsp3) is 0.938. The topological polar surface area (TPSA) is 50.8 Å². The fourth-order valence-electron chi connectivity index (χ4n) is 3.10. The van der Waals surface area contributed by atoms with Gasteiger partial charge in [-0.25, -0.2) is 4.79 Å². The molecule has 3 atom stereocenters. The van der Waals surface area contributed by atoms with E-state index < -0.39 is 5.60 Å². The lowest BCUT2D eigenvalue weighted by Crippen LogP contribution is -2.46. The van der Waals surface area contributed by atoms with Crippen LogP contribution in [0.1, 0.15) is 53.4 Å². The Hall–Kier alpha value is -0.810. The van der Waals surface area contributed by atoms with Crippen LogP contribution in [0.4, 0.5) is 4.79 Å². The Labute approximate surface area is 128 Å². The molecule has 5 nitrogen and oxygen atoms in total. The maximum absolute atomic E-state index is 12.1. The van der Waals surface area contributed by atoms with Crippen LogP contribution in [-0.2, 0) is 9.47 Å². The molecule has 0 aromatic heterocycles. The summed E-state index contributed by atoms with van der Waals surface area (Å²) in [5, 5.41) is 3.68. The predicted octanol–water partition coefficient (Wildman–Crippen LogP) is 2.54. The number of likely N-dealkylation sites (tertiary alicyclic amines) is 1. The molecule has 2 aliphatic rings. The molecular formula is C16H30N2O3. The Morgan fingerprint density at radius 1 is 1.43 bits per heavy atom. The summed E-state index contributed by atoms with van der Waals surface area (Å²) in [6.45, 7) is 10.3. The van der Waals surface area contributed by atoms with Gasteiger partial charge in [0, 0.05) is 31.8 Å². The van der Waals surface area contributed by atoms with Crippen molar-refractivity contribution >= 4 is 6.09 Å². The van der Waals surface area contributed by atoms with E-state index in [9.17, 15) is 4.79 Å². The maximum Gasteiger partial charge on any atom is 0.410 e. The Bertz CT molecular complexity index is 348. The van der Waals surface area contributed by atoms with Gasteiger partial charge in [-0.3, -0.25) is 0 Å². The Morgan fingerprint density at radius 2 is 2.19 bits per heavy atom. The average Bonchev–Trinajstić information content (AvgIpc) is 3.05. The predicted molar refractivity (Wildman–Crippen MR) is 82.4 cm³/mol. The number of carbonyl (C=O) groups excluding carboxylic acids is 1. The van der Waals surface area contributed by atoms with Gasteiger partial charge in [-0.2, -0.15) is 0 Å². The molecule has 0 aliphatic carbocycles. The van der Waals surface area contributed by atoms with Crippen LogP contribution < -0.4 is 5.32 Å². The molecule has 0 unspecified atom stereocenters. The van der Waals surface area contributed by atoms with E-state index in [0.29, 0.717) is 18.2 Å². The van der Waals surface area contributed by atoms with Crippen LogP contribution in [0.3, 0.4) is 0 Å². The lowest BCUT2D eigenvalue weighted by molar-refractivity contribution is 0.0287. The largest absolute Gasteiger partial charge is 0.444 e. The number of rotatable bonds is 4. The SMILES string of the molecule is CC[C@H](N[C@@H]1CCN(C(=O)OC(C)(C)C)C1)[C@@H]1CCCO1. The highest BCUT2D eigenvalue weighted by Gasteiger charge is 2.33. The number of ether oxygens (including phenoxy) is 2. The van der Waals surface area contributed by atoms with Crippen molar-refractivity contribution in [3.05, 3.63) is 0 Å². The highest BCUT2D eigenvalue weighted by Crippen LogP contribution is 2.20. The zero-order valence-electron chi connectivity index (χ0n) is 13.9. The van der Waals surface area contributed by atoms with Crippen LogP contribution in [-0.4, -0.2) is 54.5 Å². The Morgan fingerprint density at radius 3 is 2.76 bits per heavy atom. The fourth-order valence-corrected chi connectivity index (χ4v) is 3.10. The van der Waals surface area contributed by atoms with Gasteiger partial charge in [0.15, 0.2) is 0 Å². The van der Waals surface area contributed by atoms with Crippen molar-refractivity contribution in [2.45, 2.75) is 77.2 Å². The number of nitrogens with one attached hydrogen (secondary N) is 1. The molecule has 0 radical (unpaired) electrons. The normalized spacial score (nSPS) is 27.9. The van der Waals surface area contributed by atoms with Gasteiger partial charge in [-0.1, -0.05) is 6.92 Å². The molecule has 0 bridgehead atoms. The molecule has 2 heterocycles. The van der Waals surface area contributed by atoms with E-state index in [-0.39, 0.29) is 6.09 Å². The van der Waals surface area contributed by atoms with E-state index in [2.05, 4.69) is 12.2 Å². The molecule has 0 aromatic carbocycles. The second kappa shape index (κ2) is 6.97. The number of amides is 1. The highest BCUT2D eigenvalue weighted by molar-refractivity contribution is 5.68. The number of hydrogen-bond acceptors (Lipinski definition) is 4. The first kappa shape index (κ1) is 16.6. The van der Waals surface area contributed by atoms with Gasteiger partial charge >= 0.3 is 6.09 Å². The zero-order chi connectivity index (χ0) is 15.5. The van der Waals surface area contributed by atoms with Crippen LogP contribution in [0.2, 0.25) is 0 Å². The van der Waals surface area contributed by atoms with Gasteiger partial charge in [0.25, 0.3) is 0 Å². The van der Waals surface area contributed by atoms with Gasteiger partial charge in [0.2, 0.25) is 0 Å². The van der Waals surface area contributed by atoms with E-state index in [1.807, 2.05) is 25.7 Å². The van der Waals surface area contributed by atoms with Gasteiger partial charge in [-0.15, -0.1) is 0 Å². The van der Waals surface area contributed by atoms with Crippen molar-refractivity contribution in [2.24, 2.45) is 0 Å². The molecule has 2 fully saturated rings. The van der Waals surface area contributed by atoms with Gasteiger partial charge in [0.05, 0.1) is 6.10 Å². The summed E-state index contributed by atoms with van der Waals surface area (Å²) < 4.78 is 11.2. The summed E-state index contributed by atoms with van der Waals surface area (Å²) in [5.41, 5.74) is -0.424. The summed E-state index contributed by atoms with van der Waals surface area (Å²) in [6.07, 6.45) is 4.50. The summed E-state index contributed by atoms with van der Waals surface area (Å²) in [7, 11) is 0. The first-order valence-electron chi connectivity index (χ1n) is 8.24. The van der Waals surface area contributed by atoms with Crippen LogP contribution in [0.25, 0.3) is 0 Å². The minimum Gasteiger partial charge on any atom is -0.444 e. The lowest BCUT2D eigenvalue weighted by atomic mass is 10.0. The Kier molecular flexibility index (Phi) is 5.49. The second-order valence-corrected chi connectivity index (χ2v) is 7.14. The molecule has 1 N–H and O–H groups in total. The van der Waals surface area contributed by atoms with E-state index in [0.717, 1.165) is 45.4 Å². The smallest absolute Gasteiger partial charge is 0.410 e. The summed E-state index contributed by atoms with van der Waals surface area (Å²) in [6, 6.07) is 0.753. The quantitative estimate of drug-likeness (QED) is 0.866. The van der Waals surface area contributed by atoms with Crippen molar-refractivity contribution in [1.82, 2.24) is 10.2 Å². The van der Waals surface area contributed by atoms with E-state index in [1.165, 1.54) is 0 Å². The number of hydrogen-bond donors (Lipinski definition) is 1. The second-order valence-electron chi connectivity index (χ2n) is 7.14. The standard InChI is InChI=1S/C16H30N2O3/c1-5-13(14-7-6-10-20-14)17-12-8-9-18(11-12)15(19)21-16(2,3)4/h12-14,17H,5-11H2,1-4H3/t12-,13+,14+/m1/s1. The van der Waals surface area contributed by atoms with Crippen molar-refractivity contribution < 1.29 is 14.3 Å². The highest BCUT2D eigenvalue weighted by atomic mass is 16.6. The van der Waals surface area contributed by atoms with Crippen molar-refractivity contribution in [1.29, 1.82) is 0 Å². The molecular weight excluding hydrogens is 268 g/mol. The van der Waals surface area contributed by atoms with Gasteiger partial charge in [-0.05, 0) is 46.5 Å². The molecule has 0 saturated carbocycles. The number of nitrogens with zero attached hydrogens (tertiary/aromatic N) is 1. The van der Waals surface area contributed by atoms with Gasteiger partial charge < -0.3 is 19.7 Å². The number of carbonyl (C=O) groups is 1. The monoisotopic (exact) mass is 298 g/mol. The van der Waals surface area contributed by atoms with Crippen molar-refractivity contribution in [2.75, 3.05) is 19.7 Å². The molecule has 2 rings (SSSR count). The van der Waals surface area contributed by atoms with Crippen molar-refractivity contribution in [3.63, 3.8) is 0 Å². The van der Waals surface area contributed by atoms with Crippen LogP contribution in [0.15, 0.2) is 0 Å². The van der Waals surface area contributed by atoms with E-state index in [4.69, 9.17) is 9.47 Å². The third kappa shape index (κ3) is 4.85. The molecule has 0 aromatic rings. The minimum atomic E-state index is -0.424. The summed E-state index contributed by atoms with van der Waals surface area (Å²) >= 11 is 0. The van der Waals surface area contributed by atoms with E-state index >= 15 is 0 Å². The molecule has 2 aliphatic heterocycles. The molecule has 0 spiro atoms. The summed E-state index contributed by atoms with van der Waals surface area (Å²) in [4.78, 5) is 13.9. The average molecular weight is 298 g/mol. The molecule has 21 heavy (non-hydrogen) atoms. The van der Waals surface area contributed by atoms with Crippen LogP contribution >= 0.6 is 0 Å². The van der Waals surface area contributed by atoms with Gasteiger partial charge in [0.1, 0.15) is 5.60 Å². The molecule has 2 saturated heterocycles. The molecule has 1 amide bonds. The molecule has 122 valence electrons. The lowest BCUT2D eigenvalue weighted by Gasteiger charge is -2.27. The third-order valence-electron chi connectivity index (χ3n) is 4.14. The third-order valence-corrected chi connectivity index (χ3v) is 4.14. The zero-order valence-corrected chi connectivity index (χ0v) is 13.9. The minimum absolute atomic E-state index is 0.197. The summed E-state index contributed by atoms with van der Waals surface area (Å²) in [5.74, 6) is 0.